The quantitative estimate of drug-likeness (QED) is 0.745. The molecule has 0 unspecified atom stereocenters. The third-order valence-corrected chi connectivity index (χ3v) is 2.17. The number of methoxy groups -OCH3 is 2. The lowest BCUT2D eigenvalue weighted by Gasteiger charge is -2.10. The van der Waals surface area contributed by atoms with Crippen molar-refractivity contribution in [3.63, 3.8) is 0 Å². The zero-order valence-electron chi connectivity index (χ0n) is 9.62. The van der Waals surface area contributed by atoms with Gasteiger partial charge in [-0.25, -0.2) is 0 Å². The van der Waals surface area contributed by atoms with Crippen LogP contribution >= 0.6 is 0 Å². The van der Waals surface area contributed by atoms with Gasteiger partial charge in [-0.15, -0.1) is 0 Å². The standard InChI is InChI=1S/C12H16N2O2/c1-15-7-3-6-14-11-5-4-10(9-13)8-12(11)16-2/h4-5,8,14H,3,6-7H2,1-2H3. The Kier molecular flexibility index (Phi) is 5.17. The Morgan fingerprint density at radius 2 is 2.19 bits per heavy atom. The van der Waals surface area contributed by atoms with Crippen molar-refractivity contribution >= 4 is 5.69 Å². The summed E-state index contributed by atoms with van der Waals surface area (Å²) in [5.41, 5.74) is 1.50. The van der Waals surface area contributed by atoms with Gasteiger partial charge in [-0.1, -0.05) is 0 Å². The lowest BCUT2D eigenvalue weighted by molar-refractivity contribution is 0.197. The van der Waals surface area contributed by atoms with E-state index in [-0.39, 0.29) is 0 Å². The Morgan fingerprint density at radius 1 is 1.38 bits per heavy atom. The summed E-state index contributed by atoms with van der Waals surface area (Å²) in [7, 11) is 3.28. The lowest BCUT2D eigenvalue weighted by Crippen LogP contribution is -2.05. The van der Waals surface area contributed by atoms with Crippen molar-refractivity contribution < 1.29 is 9.47 Å². The molecule has 1 N–H and O–H groups in total. The van der Waals surface area contributed by atoms with E-state index in [9.17, 15) is 0 Å². The molecule has 0 atom stereocenters. The topological polar surface area (TPSA) is 54.3 Å². The van der Waals surface area contributed by atoms with Crippen LogP contribution in [0.1, 0.15) is 12.0 Å². The second kappa shape index (κ2) is 6.70. The van der Waals surface area contributed by atoms with Gasteiger partial charge in [-0.05, 0) is 18.6 Å². The molecule has 1 rings (SSSR count). The van der Waals surface area contributed by atoms with E-state index in [0.717, 1.165) is 25.3 Å². The zero-order valence-corrected chi connectivity index (χ0v) is 9.62. The van der Waals surface area contributed by atoms with Gasteiger partial charge in [0.1, 0.15) is 5.75 Å². The summed E-state index contributed by atoms with van der Waals surface area (Å²) in [5.74, 6) is 0.691. The minimum atomic E-state index is 0.597. The maximum Gasteiger partial charge on any atom is 0.143 e. The van der Waals surface area contributed by atoms with Crippen LogP contribution in [-0.4, -0.2) is 27.4 Å². The molecule has 0 aliphatic rings. The summed E-state index contributed by atoms with van der Waals surface area (Å²) in [6.45, 7) is 1.54. The van der Waals surface area contributed by atoms with Gasteiger partial charge < -0.3 is 14.8 Å². The predicted octanol–water partition coefficient (Wildman–Crippen LogP) is 2.02. The number of nitrogens with zero attached hydrogens (tertiary/aromatic N) is 1. The fourth-order valence-corrected chi connectivity index (χ4v) is 1.35. The summed E-state index contributed by atoms with van der Waals surface area (Å²) < 4.78 is 10.2. The molecule has 4 nitrogen and oxygen atoms in total. The largest absolute Gasteiger partial charge is 0.495 e. The molecule has 0 saturated heterocycles. The Hall–Kier alpha value is -1.73. The number of hydrogen-bond donors (Lipinski definition) is 1. The van der Waals surface area contributed by atoms with Crippen LogP contribution in [0.15, 0.2) is 18.2 Å². The van der Waals surface area contributed by atoms with Crippen LogP contribution in [0, 0.1) is 11.3 Å². The summed E-state index contributed by atoms with van der Waals surface area (Å²) in [6.07, 6.45) is 0.930. The Morgan fingerprint density at radius 3 is 2.81 bits per heavy atom. The first-order valence-corrected chi connectivity index (χ1v) is 5.12. The second-order valence-corrected chi connectivity index (χ2v) is 3.30. The molecule has 0 aliphatic heterocycles. The molecule has 4 heteroatoms. The van der Waals surface area contributed by atoms with Crippen LogP contribution in [0.3, 0.4) is 0 Å². The van der Waals surface area contributed by atoms with Crippen molar-refractivity contribution in [2.45, 2.75) is 6.42 Å². The molecule has 0 aliphatic carbocycles. The summed E-state index contributed by atoms with van der Waals surface area (Å²) in [5, 5.41) is 12.0. The number of rotatable bonds is 6. The summed E-state index contributed by atoms with van der Waals surface area (Å²) >= 11 is 0. The van der Waals surface area contributed by atoms with Crippen molar-refractivity contribution in [2.24, 2.45) is 0 Å². The molecule has 0 amide bonds. The van der Waals surface area contributed by atoms with Gasteiger partial charge in [0.25, 0.3) is 0 Å². The maximum absolute atomic E-state index is 8.75. The van der Waals surface area contributed by atoms with Gasteiger partial charge in [0, 0.05) is 26.3 Å². The highest BCUT2D eigenvalue weighted by Crippen LogP contribution is 2.25. The van der Waals surface area contributed by atoms with E-state index in [0.29, 0.717) is 11.3 Å². The van der Waals surface area contributed by atoms with E-state index in [1.165, 1.54) is 0 Å². The predicted molar refractivity (Wildman–Crippen MR) is 62.7 cm³/mol. The molecule has 16 heavy (non-hydrogen) atoms. The van der Waals surface area contributed by atoms with Crippen LogP contribution < -0.4 is 10.1 Å². The average molecular weight is 220 g/mol. The molecule has 1 aromatic carbocycles. The van der Waals surface area contributed by atoms with E-state index in [4.69, 9.17) is 14.7 Å². The molecule has 86 valence electrons. The van der Waals surface area contributed by atoms with Gasteiger partial charge in [0.05, 0.1) is 24.4 Å². The van der Waals surface area contributed by atoms with E-state index in [1.807, 2.05) is 6.07 Å². The van der Waals surface area contributed by atoms with Gasteiger partial charge >= 0.3 is 0 Å². The molecule has 1 aromatic rings. The number of hydrogen-bond acceptors (Lipinski definition) is 4. The fourth-order valence-electron chi connectivity index (χ4n) is 1.35. The molecular formula is C12H16N2O2. The van der Waals surface area contributed by atoms with Gasteiger partial charge in [0.15, 0.2) is 0 Å². The summed E-state index contributed by atoms with van der Waals surface area (Å²) in [6, 6.07) is 7.41. The molecule has 0 fully saturated rings. The highest BCUT2D eigenvalue weighted by atomic mass is 16.5. The van der Waals surface area contributed by atoms with Crippen LogP contribution in [0.25, 0.3) is 0 Å². The Balaban J connectivity index is 2.62. The smallest absolute Gasteiger partial charge is 0.143 e. The lowest BCUT2D eigenvalue weighted by atomic mass is 10.2. The minimum Gasteiger partial charge on any atom is -0.495 e. The molecule has 0 saturated carbocycles. The molecular weight excluding hydrogens is 204 g/mol. The van der Waals surface area contributed by atoms with E-state index < -0.39 is 0 Å². The first-order valence-electron chi connectivity index (χ1n) is 5.12. The Bertz CT molecular complexity index is 372. The van der Waals surface area contributed by atoms with Gasteiger partial charge in [-0.2, -0.15) is 5.26 Å². The normalized spacial score (nSPS) is 9.56. The van der Waals surface area contributed by atoms with Crippen molar-refractivity contribution in [2.75, 3.05) is 32.7 Å². The average Bonchev–Trinajstić information content (AvgIpc) is 2.34. The van der Waals surface area contributed by atoms with Crippen molar-refractivity contribution in [1.29, 1.82) is 5.26 Å². The first kappa shape index (κ1) is 12.3. The van der Waals surface area contributed by atoms with Crippen LogP contribution in [0.2, 0.25) is 0 Å². The van der Waals surface area contributed by atoms with Crippen LogP contribution in [-0.2, 0) is 4.74 Å². The van der Waals surface area contributed by atoms with Crippen LogP contribution in [0.5, 0.6) is 5.75 Å². The highest BCUT2D eigenvalue weighted by Gasteiger charge is 2.03. The van der Waals surface area contributed by atoms with Crippen LogP contribution in [0.4, 0.5) is 5.69 Å². The number of ether oxygens (including phenoxy) is 2. The van der Waals surface area contributed by atoms with Gasteiger partial charge in [-0.3, -0.25) is 0 Å². The minimum absolute atomic E-state index is 0.597. The van der Waals surface area contributed by atoms with E-state index in [2.05, 4.69) is 11.4 Å². The van der Waals surface area contributed by atoms with Crippen molar-refractivity contribution in [3.05, 3.63) is 23.8 Å². The van der Waals surface area contributed by atoms with E-state index >= 15 is 0 Å². The maximum atomic E-state index is 8.75. The second-order valence-electron chi connectivity index (χ2n) is 3.30. The number of benzene rings is 1. The fraction of sp³-hybridized carbons (Fsp3) is 0.417. The van der Waals surface area contributed by atoms with Gasteiger partial charge in [0.2, 0.25) is 0 Å². The van der Waals surface area contributed by atoms with Crippen molar-refractivity contribution in [3.8, 4) is 11.8 Å². The summed E-state index contributed by atoms with van der Waals surface area (Å²) in [4.78, 5) is 0. The monoisotopic (exact) mass is 220 g/mol. The SMILES string of the molecule is COCCCNc1ccc(C#N)cc1OC. The molecule has 0 aromatic heterocycles. The first-order chi connectivity index (χ1) is 7.81. The number of anilines is 1. The molecule has 0 spiro atoms. The third kappa shape index (κ3) is 3.44. The Labute approximate surface area is 95.8 Å². The molecule has 0 bridgehead atoms. The molecule has 0 radical (unpaired) electrons. The zero-order chi connectivity index (χ0) is 11.8. The third-order valence-electron chi connectivity index (χ3n) is 2.17. The number of nitriles is 1. The highest BCUT2D eigenvalue weighted by molar-refractivity contribution is 5.59. The molecule has 0 heterocycles. The van der Waals surface area contributed by atoms with Crippen molar-refractivity contribution in [1.82, 2.24) is 0 Å². The van der Waals surface area contributed by atoms with E-state index in [1.54, 1.807) is 26.4 Å². The number of nitrogens with one attached hydrogen (secondary N) is 1.